The first kappa shape index (κ1) is 22.2. The summed E-state index contributed by atoms with van der Waals surface area (Å²) in [5.74, 6) is -0.188. The highest BCUT2D eigenvalue weighted by molar-refractivity contribution is 7.98. The molecule has 0 atom stereocenters. The maximum atomic E-state index is 12.6. The van der Waals surface area contributed by atoms with Crippen LogP contribution in [-0.4, -0.2) is 32.0 Å². The smallest absolute Gasteiger partial charge is 0.273 e. The van der Waals surface area contributed by atoms with E-state index in [4.69, 9.17) is 0 Å². The third-order valence-electron chi connectivity index (χ3n) is 4.78. The minimum atomic E-state index is -0.461. The number of nitrogens with one attached hydrogen (secondary N) is 3. The molecule has 2 amide bonds. The van der Waals surface area contributed by atoms with Crippen LogP contribution in [0, 0.1) is 13.8 Å². The summed E-state index contributed by atoms with van der Waals surface area (Å²) >= 11 is 1.54. The van der Waals surface area contributed by atoms with E-state index in [1.54, 1.807) is 12.1 Å². The number of H-pyrrole nitrogens is 1. The van der Waals surface area contributed by atoms with Gasteiger partial charge in [-0.2, -0.15) is 5.10 Å². The van der Waals surface area contributed by atoms with Crippen LogP contribution < -0.4 is 10.9 Å². The van der Waals surface area contributed by atoms with Crippen LogP contribution in [0.15, 0.2) is 72.0 Å². The number of aromatic amines is 1. The highest BCUT2D eigenvalue weighted by atomic mass is 32.2. The first-order valence-electron chi connectivity index (χ1n) is 10.2. The van der Waals surface area contributed by atoms with Crippen molar-refractivity contribution in [1.82, 2.24) is 31.0 Å². The number of aryl methyl sites for hydroxylation is 2. The second kappa shape index (κ2) is 10.1. The Hall–Kier alpha value is -3.98. The molecule has 3 N–H and O–H groups in total. The largest absolute Gasteiger partial charge is 0.277 e. The molecule has 0 aliphatic carbocycles. The first-order valence-corrected chi connectivity index (χ1v) is 11.2. The molecule has 0 spiro atoms. The van der Waals surface area contributed by atoms with Gasteiger partial charge in [0.25, 0.3) is 11.8 Å². The predicted octanol–water partition coefficient (Wildman–Crippen LogP) is 3.85. The Morgan fingerprint density at radius 3 is 2.27 bits per heavy atom. The summed E-state index contributed by atoms with van der Waals surface area (Å²) in [6.45, 7) is 3.89. The summed E-state index contributed by atoms with van der Waals surface area (Å²) in [4.78, 5) is 33.9. The van der Waals surface area contributed by atoms with Gasteiger partial charge in [0, 0.05) is 28.3 Å². The van der Waals surface area contributed by atoms with Crippen LogP contribution >= 0.6 is 11.8 Å². The lowest BCUT2D eigenvalue weighted by atomic mass is 10.1. The van der Waals surface area contributed by atoms with Crippen LogP contribution in [0.1, 0.15) is 37.7 Å². The molecular formula is C24H22N6O2S. The standard InChI is InChI=1S/C24H22N6O2S/c1-15-12-16(2)27-24(26-15)33-14-17-8-10-19(11-9-17)22(31)29-30-23(32)20-13-25-28-21(20)18-6-4-3-5-7-18/h3-13H,14H2,1-2H3,(H,25,28)(H,29,31)(H,30,32). The molecule has 9 heteroatoms. The Morgan fingerprint density at radius 2 is 1.58 bits per heavy atom. The number of nitrogens with zero attached hydrogens (tertiary/aromatic N) is 3. The summed E-state index contributed by atoms with van der Waals surface area (Å²) in [7, 11) is 0. The van der Waals surface area contributed by atoms with Crippen molar-refractivity contribution in [3.63, 3.8) is 0 Å². The zero-order valence-corrected chi connectivity index (χ0v) is 18.9. The van der Waals surface area contributed by atoms with Crippen LogP contribution in [0.2, 0.25) is 0 Å². The molecule has 33 heavy (non-hydrogen) atoms. The van der Waals surface area contributed by atoms with Crippen molar-refractivity contribution in [2.75, 3.05) is 0 Å². The number of hydrogen-bond donors (Lipinski definition) is 3. The summed E-state index contributed by atoms with van der Waals surface area (Å²) < 4.78 is 0. The quantitative estimate of drug-likeness (QED) is 0.230. The predicted molar refractivity (Wildman–Crippen MR) is 126 cm³/mol. The van der Waals surface area contributed by atoms with E-state index in [0.717, 1.165) is 27.7 Å². The Kier molecular flexibility index (Phi) is 6.80. The fourth-order valence-corrected chi connectivity index (χ4v) is 4.10. The lowest BCUT2D eigenvalue weighted by molar-refractivity contribution is 0.0847. The van der Waals surface area contributed by atoms with Crippen molar-refractivity contribution < 1.29 is 9.59 Å². The Morgan fingerprint density at radius 1 is 0.909 bits per heavy atom. The van der Waals surface area contributed by atoms with E-state index in [0.29, 0.717) is 22.6 Å². The number of carbonyl (C=O) groups is 2. The number of hydrazine groups is 1. The van der Waals surface area contributed by atoms with E-state index in [9.17, 15) is 9.59 Å². The van der Waals surface area contributed by atoms with E-state index < -0.39 is 11.8 Å². The number of rotatable bonds is 6. The molecule has 4 aromatic rings. The topological polar surface area (TPSA) is 113 Å². The van der Waals surface area contributed by atoms with Crippen LogP contribution in [0.4, 0.5) is 0 Å². The van der Waals surface area contributed by atoms with Gasteiger partial charge in [-0.25, -0.2) is 9.97 Å². The first-order chi connectivity index (χ1) is 16.0. The molecule has 8 nitrogen and oxygen atoms in total. The van der Waals surface area contributed by atoms with Gasteiger partial charge in [0.2, 0.25) is 0 Å². The van der Waals surface area contributed by atoms with E-state index in [2.05, 4.69) is 31.0 Å². The summed E-state index contributed by atoms with van der Waals surface area (Å²) in [5, 5.41) is 7.51. The van der Waals surface area contributed by atoms with Gasteiger partial charge in [0.1, 0.15) is 0 Å². The maximum Gasteiger partial charge on any atom is 0.273 e. The molecular weight excluding hydrogens is 436 g/mol. The Labute approximate surface area is 195 Å². The normalized spacial score (nSPS) is 10.6. The van der Waals surface area contributed by atoms with E-state index in [1.807, 2.05) is 62.4 Å². The van der Waals surface area contributed by atoms with E-state index >= 15 is 0 Å². The zero-order chi connectivity index (χ0) is 23.2. The molecule has 0 unspecified atom stereocenters. The molecule has 0 aliphatic heterocycles. The molecule has 2 aromatic carbocycles. The molecule has 0 aliphatic rings. The minimum absolute atomic E-state index is 0.336. The average molecular weight is 459 g/mol. The van der Waals surface area contributed by atoms with Crippen molar-refractivity contribution >= 4 is 23.6 Å². The van der Waals surface area contributed by atoms with Crippen molar-refractivity contribution in [3.8, 4) is 11.3 Å². The van der Waals surface area contributed by atoms with Crippen molar-refractivity contribution in [2.45, 2.75) is 24.8 Å². The minimum Gasteiger partial charge on any atom is -0.277 e. The summed E-state index contributed by atoms with van der Waals surface area (Å²) in [6, 6.07) is 18.5. The average Bonchev–Trinajstić information content (AvgIpc) is 3.31. The Bertz CT molecular complexity index is 1250. The number of amides is 2. The molecule has 166 valence electrons. The van der Waals surface area contributed by atoms with Crippen LogP contribution in [0.3, 0.4) is 0 Å². The lowest BCUT2D eigenvalue weighted by Gasteiger charge is -2.08. The second-order valence-electron chi connectivity index (χ2n) is 7.35. The Balaban J connectivity index is 1.33. The molecule has 2 heterocycles. The van der Waals surface area contributed by atoms with Gasteiger partial charge >= 0.3 is 0 Å². The monoisotopic (exact) mass is 458 g/mol. The molecule has 4 rings (SSSR count). The molecule has 0 radical (unpaired) electrons. The van der Waals surface area contributed by atoms with Crippen molar-refractivity contribution in [2.24, 2.45) is 0 Å². The molecule has 0 saturated heterocycles. The fraction of sp³-hybridized carbons (Fsp3) is 0.125. The number of benzene rings is 2. The van der Waals surface area contributed by atoms with Gasteiger partial charge in [-0.05, 0) is 37.6 Å². The van der Waals surface area contributed by atoms with Gasteiger partial charge in [-0.1, -0.05) is 54.2 Å². The highest BCUT2D eigenvalue weighted by Gasteiger charge is 2.16. The number of hydrogen-bond acceptors (Lipinski definition) is 6. The second-order valence-corrected chi connectivity index (χ2v) is 8.29. The van der Waals surface area contributed by atoms with E-state index in [1.165, 1.54) is 18.0 Å². The van der Waals surface area contributed by atoms with Gasteiger partial charge in [0.15, 0.2) is 5.16 Å². The molecule has 0 saturated carbocycles. The number of aromatic nitrogens is 4. The summed E-state index contributed by atoms with van der Waals surface area (Å²) in [5.41, 5.74) is 9.98. The third-order valence-corrected chi connectivity index (χ3v) is 5.70. The van der Waals surface area contributed by atoms with Crippen LogP contribution in [0.25, 0.3) is 11.3 Å². The van der Waals surface area contributed by atoms with Crippen LogP contribution in [0.5, 0.6) is 0 Å². The molecule has 0 fully saturated rings. The van der Waals surface area contributed by atoms with Crippen molar-refractivity contribution in [1.29, 1.82) is 0 Å². The van der Waals surface area contributed by atoms with Gasteiger partial charge in [-0.3, -0.25) is 25.5 Å². The zero-order valence-electron chi connectivity index (χ0n) is 18.1. The number of carbonyl (C=O) groups excluding carboxylic acids is 2. The maximum absolute atomic E-state index is 12.6. The van der Waals surface area contributed by atoms with Gasteiger partial charge < -0.3 is 0 Å². The molecule has 0 bridgehead atoms. The van der Waals surface area contributed by atoms with Crippen LogP contribution in [-0.2, 0) is 5.75 Å². The number of thioether (sulfide) groups is 1. The van der Waals surface area contributed by atoms with E-state index in [-0.39, 0.29) is 0 Å². The van der Waals surface area contributed by atoms with Gasteiger partial charge in [-0.15, -0.1) is 0 Å². The molecule has 2 aromatic heterocycles. The SMILES string of the molecule is Cc1cc(C)nc(SCc2ccc(C(=O)NNC(=O)c3cn[nH]c3-c3ccccc3)cc2)n1. The summed E-state index contributed by atoms with van der Waals surface area (Å²) in [6.07, 6.45) is 1.43. The van der Waals surface area contributed by atoms with Gasteiger partial charge in [0.05, 0.1) is 17.5 Å². The fourth-order valence-electron chi connectivity index (χ4n) is 3.19. The highest BCUT2D eigenvalue weighted by Crippen LogP contribution is 2.21. The lowest BCUT2D eigenvalue weighted by Crippen LogP contribution is -2.41. The third kappa shape index (κ3) is 5.64. The van der Waals surface area contributed by atoms with Crippen molar-refractivity contribution in [3.05, 3.63) is 94.9 Å².